The van der Waals surface area contributed by atoms with Crippen molar-refractivity contribution in [2.24, 2.45) is 0 Å². The van der Waals surface area contributed by atoms with Gasteiger partial charge in [0.1, 0.15) is 5.01 Å². The highest BCUT2D eigenvalue weighted by Crippen LogP contribution is 2.36. The Kier molecular flexibility index (Phi) is 7.83. The van der Waals surface area contributed by atoms with Crippen molar-refractivity contribution in [3.63, 3.8) is 0 Å². The Hall–Kier alpha value is -0.123. The van der Waals surface area contributed by atoms with E-state index in [1.165, 1.54) is 29.5 Å². The smallest absolute Gasteiger partial charge is 0.172 e. The maximum Gasteiger partial charge on any atom is 0.172 e. The van der Waals surface area contributed by atoms with Crippen LogP contribution in [0.5, 0.6) is 0 Å². The van der Waals surface area contributed by atoms with Gasteiger partial charge in [-0.15, -0.1) is 0 Å². The summed E-state index contributed by atoms with van der Waals surface area (Å²) >= 11 is 3.74. The molecule has 1 atom stereocenters. The van der Waals surface area contributed by atoms with Gasteiger partial charge in [0.25, 0.3) is 0 Å². The van der Waals surface area contributed by atoms with Gasteiger partial charge in [0.15, 0.2) is 9.04 Å². The highest BCUT2D eigenvalue weighted by Gasteiger charge is 2.23. The van der Waals surface area contributed by atoms with E-state index in [9.17, 15) is 0 Å². The van der Waals surface area contributed by atoms with Crippen LogP contribution in [0.25, 0.3) is 0 Å². The maximum atomic E-state index is 6.08. The summed E-state index contributed by atoms with van der Waals surface area (Å²) in [5.41, 5.74) is 6.06. The Morgan fingerprint density at radius 3 is 1.82 bits per heavy atom. The van der Waals surface area contributed by atoms with E-state index in [1.54, 1.807) is 5.56 Å². The Bertz CT molecular complexity index is 450. The third kappa shape index (κ3) is 5.50. The Morgan fingerprint density at radius 1 is 1.05 bits per heavy atom. The van der Waals surface area contributed by atoms with Crippen molar-refractivity contribution in [3.05, 3.63) is 34.4 Å². The van der Waals surface area contributed by atoms with Crippen LogP contribution in [0.2, 0.25) is 13.1 Å². The van der Waals surface area contributed by atoms with Gasteiger partial charge in [-0.2, -0.15) is 0 Å². The fourth-order valence-electron chi connectivity index (χ4n) is 3.14. The van der Waals surface area contributed by atoms with Gasteiger partial charge in [0.2, 0.25) is 0 Å². The lowest BCUT2D eigenvalue weighted by atomic mass is 9.78. The second-order valence-corrected chi connectivity index (χ2v) is 10.7. The van der Waals surface area contributed by atoms with Crippen molar-refractivity contribution in [1.82, 2.24) is 0 Å². The summed E-state index contributed by atoms with van der Waals surface area (Å²) in [4.78, 5) is 0. The molecular formula is C19H33BrOSi. The molecule has 0 amide bonds. The molecule has 1 unspecified atom stereocenters. The van der Waals surface area contributed by atoms with E-state index < -0.39 is 9.04 Å². The van der Waals surface area contributed by atoms with Crippen LogP contribution < -0.4 is 0 Å². The molecule has 0 aromatic heterocycles. The summed E-state index contributed by atoms with van der Waals surface area (Å²) in [7, 11) is -1.05. The summed E-state index contributed by atoms with van der Waals surface area (Å²) in [5, 5.41) is 0.0411. The number of benzene rings is 1. The molecule has 1 rings (SSSR count). The van der Waals surface area contributed by atoms with Crippen molar-refractivity contribution in [2.45, 2.75) is 83.8 Å². The van der Waals surface area contributed by atoms with Crippen LogP contribution >= 0.6 is 15.9 Å². The fourth-order valence-corrected chi connectivity index (χ4v) is 5.33. The summed E-state index contributed by atoms with van der Waals surface area (Å²) in [6, 6.07) is 4.75. The standard InChI is InChI=1S/C19H33BrOSi/c1-8-10-14-12-16(18(20)21-22(6)7)13-15(11-9-2)17(14)19(3,4)5/h12-13,18,22H,8-11H2,1-7H3. The lowest BCUT2D eigenvalue weighted by Crippen LogP contribution is -2.19. The molecule has 0 aliphatic heterocycles. The van der Waals surface area contributed by atoms with Crippen LogP contribution in [0.15, 0.2) is 12.1 Å². The fraction of sp³-hybridized carbons (Fsp3) is 0.684. The number of aryl methyl sites for hydroxylation is 2. The van der Waals surface area contributed by atoms with Crippen molar-refractivity contribution >= 4 is 25.0 Å². The molecule has 1 aromatic rings. The van der Waals surface area contributed by atoms with E-state index in [2.05, 4.69) is 75.8 Å². The van der Waals surface area contributed by atoms with Crippen molar-refractivity contribution in [2.75, 3.05) is 0 Å². The second kappa shape index (κ2) is 8.65. The predicted octanol–water partition coefficient (Wildman–Crippen LogP) is 6.28. The quantitative estimate of drug-likeness (QED) is 0.396. The minimum Gasteiger partial charge on any atom is -0.404 e. The van der Waals surface area contributed by atoms with Crippen molar-refractivity contribution < 1.29 is 4.43 Å². The van der Waals surface area contributed by atoms with Gasteiger partial charge < -0.3 is 4.43 Å². The monoisotopic (exact) mass is 384 g/mol. The maximum absolute atomic E-state index is 6.08. The molecule has 0 N–H and O–H groups in total. The minimum atomic E-state index is -1.05. The minimum absolute atomic E-state index is 0.0411. The van der Waals surface area contributed by atoms with Crippen LogP contribution in [-0.4, -0.2) is 9.04 Å². The zero-order valence-corrected chi connectivity index (χ0v) is 18.2. The molecule has 0 aliphatic carbocycles. The van der Waals surface area contributed by atoms with Crippen LogP contribution in [0.4, 0.5) is 0 Å². The molecular weight excluding hydrogens is 352 g/mol. The number of hydrogen-bond donors (Lipinski definition) is 0. The zero-order valence-electron chi connectivity index (χ0n) is 15.4. The summed E-state index contributed by atoms with van der Waals surface area (Å²) < 4.78 is 6.08. The molecule has 0 spiro atoms. The molecule has 22 heavy (non-hydrogen) atoms. The highest BCUT2D eigenvalue weighted by atomic mass is 79.9. The molecule has 0 radical (unpaired) electrons. The largest absolute Gasteiger partial charge is 0.404 e. The third-order valence-corrected chi connectivity index (χ3v) is 5.73. The predicted molar refractivity (Wildman–Crippen MR) is 105 cm³/mol. The van der Waals surface area contributed by atoms with Gasteiger partial charge in [-0.1, -0.05) is 75.5 Å². The molecule has 0 saturated carbocycles. The van der Waals surface area contributed by atoms with Crippen LogP contribution in [0.1, 0.15) is 74.7 Å². The molecule has 0 heterocycles. The average Bonchev–Trinajstić information content (AvgIpc) is 2.36. The molecule has 0 fully saturated rings. The highest BCUT2D eigenvalue weighted by molar-refractivity contribution is 9.09. The van der Waals surface area contributed by atoms with Crippen LogP contribution in [0.3, 0.4) is 0 Å². The van der Waals surface area contributed by atoms with E-state index in [1.807, 2.05) is 0 Å². The third-order valence-electron chi connectivity index (χ3n) is 3.77. The second-order valence-electron chi connectivity index (χ2n) is 7.47. The lowest BCUT2D eigenvalue weighted by Gasteiger charge is -2.28. The van der Waals surface area contributed by atoms with E-state index in [-0.39, 0.29) is 10.4 Å². The molecule has 1 aromatic carbocycles. The first-order chi connectivity index (χ1) is 10.2. The first kappa shape index (κ1) is 19.9. The molecule has 126 valence electrons. The van der Waals surface area contributed by atoms with E-state index in [4.69, 9.17) is 4.43 Å². The van der Waals surface area contributed by atoms with Gasteiger partial charge in [0, 0.05) is 0 Å². The average molecular weight is 385 g/mol. The number of halogens is 1. The topological polar surface area (TPSA) is 9.23 Å². The Balaban J connectivity index is 3.39. The van der Waals surface area contributed by atoms with Gasteiger partial charge in [-0.3, -0.25) is 0 Å². The van der Waals surface area contributed by atoms with E-state index >= 15 is 0 Å². The van der Waals surface area contributed by atoms with E-state index in [0.717, 1.165) is 12.8 Å². The van der Waals surface area contributed by atoms with Crippen LogP contribution in [-0.2, 0) is 22.7 Å². The first-order valence-electron chi connectivity index (χ1n) is 8.66. The van der Waals surface area contributed by atoms with Gasteiger partial charge in [-0.05, 0) is 53.6 Å². The Morgan fingerprint density at radius 2 is 1.50 bits per heavy atom. The van der Waals surface area contributed by atoms with E-state index in [0.29, 0.717) is 0 Å². The summed E-state index contributed by atoms with van der Waals surface area (Å²) in [6.45, 7) is 16.0. The van der Waals surface area contributed by atoms with Crippen molar-refractivity contribution in [1.29, 1.82) is 0 Å². The van der Waals surface area contributed by atoms with Gasteiger partial charge in [0.05, 0.1) is 0 Å². The number of alkyl halides is 1. The molecule has 3 heteroatoms. The number of rotatable bonds is 7. The molecule has 0 saturated heterocycles. The summed E-state index contributed by atoms with van der Waals surface area (Å²) in [6.07, 6.45) is 4.67. The SMILES string of the molecule is CCCc1cc(C(Br)O[SiH](C)C)cc(CCC)c1C(C)(C)C. The lowest BCUT2D eigenvalue weighted by molar-refractivity contribution is 0.309. The molecule has 0 aliphatic rings. The zero-order chi connectivity index (χ0) is 16.9. The summed E-state index contributed by atoms with van der Waals surface area (Å²) in [5.74, 6) is 0. The normalized spacial score (nSPS) is 13.7. The first-order valence-corrected chi connectivity index (χ1v) is 12.4. The van der Waals surface area contributed by atoms with Crippen LogP contribution in [0, 0.1) is 0 Å². The van der Waals surface area contributed by atoms with Gasteiger partial charge >= 0.3 is 0 Å². The van der Waals surface area contributed by atoms with Gasteiger partial charge in [-0.25, -0.2) is 0 Å². The number of hydrogen-bond acceptors (Lipinski definition) is 1. The Labute approximate surface area is 147 Å². The molecule has 0 bridgehead atoms. The van der Waals surface area contributed by atoms with Crippen molar-refractivity contribution in [3.8, 4) is 0 Å². The molecule has 1 nitrogen and oxygen atoms in total.